The van der Waals surface area contributed by atoms with E-state index in [9.17, 15) is 9.90 Å². The number of piperidine rings is 1. The summed E-state index contributed by atoms with van der Waals surface area (Å²) in [5.74, 6) is -0.362. The van der Waals surface area contributed by atoms with Gasteiger partial charge in [-0.15, -0.1) is 0 Å². The van der Waals surface area contributed by atoms with E-state index in [0.717, 1.165) is 11.5 Å². The Morgan fingerprint density at radius 2 is 2.45 bits per heavy atom. The summed E-state index contributed by atoms with van der Waals surface area (Å²) in [6, 6.07) is 0. The molecule has 64 valence electrons. The first-order valence-corrected chi connectivity index (χ1v) is 3.96. The van der Waals surface area contributed by atoms with Crippen molar-refractivity contribution in [2.75, 3.05) is 6.54 Å². The zero-order valence-electron chi connectivity index (χ0n) is 6.41. The van der Waals surface area contributed by atoms with E-state index in [1.54, 1.807) is 0 Å². The average molecular weight is 177 g/mol. The largest absolute Gasteiger partial charge is 0.380 e. The molecule has 2 unspecified atom stereocenters. The maximum Gasteiger partial charge on any atom is 0.277 e. The number of amides is 1. The zero-order valence-corrected chi connectivity index (χ0v) is 7.56. The second-order valence-corrected chi connectivity index (χ2v) is 3.10. The van der Waals surface area contributed by atoms with E-state index in [1.165, 1.54) is 6.92 Å². The molecule has 0 radical (unpaired) electrons. The fraction of sp³-hybridized carbons (Fsp3) is 0.833. The molecule has 4 nitrogen and oxygen atoms in total. The molecule has 0 aromatic rings. The lowest BCUT2D eigenvalue weighted by molar-refractivity contribution is -0.182. The Morgan fingerprint density at radius 1 is 1.82 bits per heavy atom. The van der Waals surface area contributed by atoms with Gasteiger partial charge in [-0.05, 0) is 19.8 Å². The van der Waals surface area contributed by atoms with Gasteiger partial charge in [0.1, 0.15) is 5.60 Å². The molecule has 1 amide bonds. The standard InChI is InChI=1S/C6H12NO3P/c1-6(9)3-2-4-7(10-11)5(6)8/h9H,2-4,11H2,1H3. The molecule has 5 heteroatoms. The Morgan fingerprint density at radius 3 is 2.91 bits per heavy atom. The van der Waals surface area contributed by atoms with E-state index >= 15 is 0 Å². The molecule has 0 aliphatic carbocycles. The molecule has 11 heavy (non-hydrogen) atoms. The summed E-state index contributed by atoms with van der Waals surface area (Å²) in [6.45, 7) is 2.06. The van der Waals surface area contributed by atoms with Crippen LogP contribution in [-0.2, 0) is 9.42 Å². The highest BCUT2D eigenvalue weighted by atomic mass is 31.0. The van der Waals surface area contributed by atoms with Crippen molar-refractivity contribution < 1.29 is 14.5 Å². The van der Waals surface area contributed by atoms with Crippen LogP contribution in [0.1, 0.15) is 19.8 Å². The van der Waals surface area contributed by atoms with Crippen molar-refractivity contribution in [2.45, 2.75) is 25.4 Å². The molecule has 0 spiro atoms. The fourth-order valence-corrected chi connectivity index (χ4v) is 1.35. The lowest BCUT2D eigenvalue weighted by Gasteiger charge is -2.33. The van der Waals surface area contributed by atoms with Crippen molar-refractivity contribution in [1.82, 2.24) is 5.06 Å². The first-order valence-electron chi connectivity index (χ1n) is 3.49. The van der Waals surface area contributed by atoms with Crippen LogP contribution in [0, 0.1) is 0 Å². The van der Waals surface area contributed by atoms with Gasteiger partial charge in [0.15, 0.2) is 0 Å². The van der Waals surface area contributed by atoms with Crippen molar-refractivity contribution >= 4 is 15.4 Å². The number of hydroxylamine groups is 2. The topological polar surface area (TPSA) is 49.8 Å². The second-order valence-electron chi connectivity index (χ2n) is 2.89. The van der Waals surface area contributed by atoms with Crippen LogP contribution in [0.25, 0.3) is 0 Å². The average Bonchev–Trinajstić information content (AvgIpc) is 1.95. The van der Waals surface area contributed by atoms with Gasteiger partial charge in [0.2, 0.25) is 0 Å². The molecule has 1 aliphatic rings. The predicted molar refractivity (Wildman–Crippen MR) is 42.4 cm³/mol. The number of nitrogens with zero attached hydrogens (tertiary/aromatic N) is 1. The van der Waals surface area contributed by atoms with Crippen LogP contribution in [0.2, 0.25) is 0 Å². The van der Waals surface area contributed by atoms with Gasteiger partial charge in [0.25, 0.3) is 5.91 Å². The van der Waals surface area contributed by atoms with E-state index in [0.29, 0.717) is 13.0 Å². The lowest BCUT2D eigenvalue weighted by Crippen LogP contribution is -2.50. The maximum absolute atomic E-state index is 11.2. The quantitative estimate of drug-likeness (QED) is 0.577. The summed E-state index contributed by atoms with van der Waals surface area (Å²) in [6.07, 6.45) is 1.28. The molecule has 0 aromatic heterocycles. The Labute approximate surface area is 67.8 Å². The van der Waals surface area contributed by atoms with Gasteiger partial charge >= 0.3 is 0 Å². The minimum absolute atomic E-state index is 0.362. The Balaban J connectivity index is 2.68. The highest BCUT2D eigenvalue weighted by molar-refractivity contribution is 7.09. The first-order chi connectivity index (χ1) is 5.08. The van der Waals surface area contributed by atoms with Crippen LogP contribution in [-0.4, -0.2) is 28.2 Å². The van der Waals surface area contributed by atoms with E-state index in [2.05, 4.69) is 4.62 Å². The van der Waals surface area contributed by atoms with Crippen LogP contribution in [0.4, 0.5) is 0 Å². The molecule has 0 aromatic carbocycles. The van der Waals surface area contributed by atoms with Gasteiger partial charge in [0.05, 0.1) is 0 Å². The highest BCUT2D eigenvalue weighted by Crippen LogP contribution is 2.22. The highest BCUT2D eigenvalue weighted by Gasteiger charge is 2.38. The van der Waals surface area contributed by atoms with Gasteiger partial charge in [-0.25, -0.2) is 5.06 Å². The van der Waals surface area contributed by atoms with Gasteiger partial charge in [-0.1, -0.05) is 0 Å². The normalized spacial score (nSPS) is 32.6. The summed E-state index contributed by atoms with van der Waals surface area (Å²) in [4.78, 5) is 11.2. The van der Waals surface area contributed by atoms with E-state index in [1.807, 2.05) is 9.47 Å². The summed E-state index contributed by atoms with van der Waals surface area (Å²) >= 11 is 0. The minimum atomic E-state index is -1.24. The maximum atomic E-state index is 11.2. The van der Waals surface area contributed by atoms with Crippen LogP contribution in [0.5, 0.6) is 0 Å². The van der Waals surface area contributed by atoms with Gasteiger partial charge in [-0.2, -0.15) is 0 Å². The smallest absolute Gasteiger partial charge is 0.277 e. The third-order valence-corrected chi connectivity index (χ3v) is 2.09. The van der Waals surface area contributed by atoms with Crippen molar-refractivity contribution in [1.29, 1.82) is 0 Å². The summed E-state index contributed by atoms with van der Waals surface area (Å²) in [5, 5.41) is 10.6. The second kappa shape index (κ2) is 3.05. The first kappa shape index (κ1) is 8.91. The molecule has 2 atom stereocenters. The van der Waals surface area contributed by atoms with Crippen molar-refractivity contribution in [3.05, 3.63) is 0 Å². The summed E-state index contributed by atoms with van der Waals surface area (Å²) in [5.41, 5.74) is -1.24. The molecular weight excluding hydrogens is 165 g/mol. The molecule has 1 heterocycles. The van der Waals surface area contributed by atoms with Crippen molar-refractivity contribution in [2.24, 2.45) is 0 Å². The van der Waals surface area contributed by atoms with Crippen LogP contribution in [0.15, 0.2) is 0 Å². The molecule has 1 rings (SSSR count). The molecule has 0 saturated carbocycles. The van der Waals surface area contributed by atoms with Crippen LogP contribution < -0.4 is 0 Å². The van der Waals surface area contributed by atoms with Crippen LogP contribution >= 0.6 is 9.47 Å². The number of rotatable bonds is 1. The van der Waals surface area contributed by atoms with Crippen molar-refractivity contribution in [3.8, 4) is 0 Å². The third kappa shape index (κ3) is 1.70. The van der Waals surface area contributed by atoms with E-state index in [4.69, 9.17) is 0 Å². The minimum Gasteiger partial charge on any atom is -0.380 e. The van der Waals surface area contributed by atoms with Gasteiger partial charge in [-0.3, -0.25) is 9.42 Å². The third-order valence-electron chi connectivity index (χ3n) is 1.84. The number of hydrogen-bond donors (Lipinski definition) is 1. The van der Waals surface area contributed by atoms with E-state index in [-0.39, 0.29) is 5.91 Å². The fourth-order valence-electron chi connectivity index (χ4n) is 1.14. The SMILES string of the molecule is CC1(O)CCCN(OP)C1=O. The lowest BCUT2D eigenvalue weighted by atomic mass is 9.95. The number of carbonyl (C=O) groups excluding carboxylic acids is 1. The predicted octanol–water partition coefficient (Wildman–Crippen LogP) is 0.0815. The van der Waals surface area contributed by atoms with Gasteiger partial charge in [0, 0.05) is 16.0 Å². The molecule has 1 saturated heterocycles. The summed E-state index contributed by atoms with van der Waals surface area (Å²) in [7, 11) is 1.99. The molecule has 1 aliphatic heterocycles. The van der Waals surface area contributed by atoms with Crippen LogP contribution in [0.3, 0.4) is 0 Å². The van der Waals surface area contributed by atoms with Crippen molar-refractivity contribution in [3.63, 3.8) is 0 Å². The Hall–Kier alpha value is -0.180. The molecule has 0 bridgehead atoms. The molecular formula is C6H12NO3P. The zero-order chi connectivity index (χ0) is 8.48. The Kier molecular flexibility index (Phi) is 2.47. The molecule has 1 N–H and O–H groups in total. The van der Waals surface area contributed by atoms with E-state index < -0.39 is 5.60 Å². The number of carbonyl (C=O) groups is 1. The monoisotopic (exact) mass is 177 g/mol. The Bertz CT molecular complexity index is 171. The number of hydrogen-bond acceptors (Lipinski definition) is 3. The summed E-state index contributed by atoms with van der Waals surface area (Å²) < 4.78 is 4.68. The number of aliphatic hydroxyl groups is 1. The molecule has 1 fully saturated rings. The van der Waals surface area contributed by atoms with Gasteiger partial charge < -0.3 is 5.11 Å².